The van der Waals surface area contributed by atoms with Crippen LogP contribution < -0.4 is 0 Å². The van der Waals surface area contributed by atoms with Gasteiger partial charge in [-0.2, -0.15) is 0 Å². The van der Waals surface area contributed by atoms with E-state index in [1.165, 1.54) is 0 Å². The van der Waals surface area contributed by atoms with Crippen LogP contribution in [0, 0.1) is 5.92 Å². The minimum atomic E-state index is -2.15. The third-order valence-electron chi connectivity index (χ3n) is 2.80. The zero-order valence-corrected chi connectivity index (χ0v) is 10.8. The molecule has 0 spiro atoms. The molecule has 0 aromatic carbocycles. The molecule has 3 atom stereocenters. The smallest absolute Gasteiger partial charge is 0.338 e. The molecule has 0 aromatic rings. The number of rotatable bonds is 9. The van der Waals surface area contributed by atoms with Gasteiger partial charge in [0.05, 0.1) is 6.61 Å². The summed E-state index contributed by atoms with van der Waals surface area (Å²) in [6.45, 7) is 4.17. The number of aliphatic hydroxyl groups is 2. The lowest BCUT2D eigenvalue weighted by Gasteiger charge is -2.17. The Hall–Kier alpha value is -1.14. The Morgan fingerprint density at radius 3 is 2.22 bits per heavy atom. The largest absolute Gasteiger partial charge is 0.479 e. The van der Waals surface area contributed by atoms with Gasteiger partial charge in [-0.15, -0.1) is 0 Å². The third-order valence-corrected chi connectivity index (χ3v) is 2.80. The molecule has 0 saturated carbocycles. The maximum atomic E-state index is 11.3. The number of aliphatic carboxylic acids is 1. The fraction of sp³-hybridized carbons (Fsp3) is 0.833. The highest BCUT2D eigenvalue weighted by atomic mass is 16.6. The molecule has 0 fully saturated rings. The predicted molar refractivity (Wildman–Crippen MR) is 63.9 cm³/mol. The lowest BCUT2D eigenvalue weighted by atomic mass is 10.0. The number of esters is 1. The normalized spacial score (nSPS) is 15.8. The first kappa shape index (κ1) is 16.9. The molecule has 0 radical (unpaired) electrons. The van der Waals surface area contributed by atoms with Crippen molar-refractivity contribution in [2.75, 3.05) is 6.61 Å². The van der Waals surface area contributed by atoms with Crippen LogP contribution in [0.3, 0.4) is 0 Å². The summed E-state index contributed by atoms with van der Waals surface area (Å²) in [5.41, 5.74) is 0. The summed E-state index contributed by atoms with van der Waals surface area (Å²) in [5, 5.41) is 26.6. The first-order valence-corrected chi connectivity index (χ1v) is 6.19. The van der Waals surface area contributed by atoms with Crippen LogP contribution in [-0.4, -0.2) is 46.1 Å². The van der Waals surface area contributed by atoms with Gasteiger partial charge >= 0.3 is 11.9 Å². The van der Waals surface area contributed by atoms with Crippen molar-refractivity contribution in [2.24, 2.45) is 5.92 Å². The number of carbonyl (C=O) groups is 2. The van der Waals surface area contributed by atoms with Crippen LogP contribution in [-0.2, 0) is 14.3 Å². The van der Waals surface area contributed by atoms with E-state index in [1.807, 2.05) is 6.92 Å². The van der Waals surface area contributed by atoms with Gasteiger partial charge in [-0.05, 0) is 12.3 Å². The van der Waals surface area contributed by atoms with Crippen molar-refractivity contribution >= 4 is 11.9 Å². The van der Waals surface area contributed by atoms with Crippen molar-refractivity contribution in [3.63, 3.8) is 0 Å². The van der Waals surface area contributed by atoms with E-state index in [-0.39, 0.29) is 12.5 Å². The van der Waals surface area contributed by atoms with Crippen molar-refractivity contribution in [3.05, 3.63) is 0 Å². The molecule has 0 heterocycles. The van der Waals surface area contributed by atoms with Gasteiger partial charge in [-0.25, -0.2) is 9.59 Å². The van der Waals surface area contributed by atoms with Crippen molar-refractivity contribution in [1.29, 1.82) is 0 Å². The van der Waals surface area contributed by atoms with E-state index in [0.29, 0.717) is 0 Å². The van der Waals surface area contributed by atoms with Crippen molar-refractivity contribution in [2.45, 2.75) is 51.7 Å². The highest BCUT2D eigenvalue weighted by Crippen LogP contribution is 2.13. The molecule has 0 amide bonds. The molecule has 18 heavy (non-hydrogen) atoms. The highest BCUT2D eigenvalue weighted by molar-refractivity contribution is 5.84. The first-order valence-electron chi connectivity index (χ1n) is 6.19. The molecule has 0 saturated heterocycles. The number of carboxylic acids is 1. The van der Waals surface area contributed by atoms with E-state index in [1.54, 1.807) is 0 Å². The van der Waals surface area contributed by atoms with Crippen LogP contribution in [0.1, 0.15) is 39.5 Å². The van der Waals surface area contributed by atoms with Crippen LogP contribution in [0.2, 0.25) is 0 Å². The van der Waals surface area contributed by atoms with Gasteiger partial charge < -0.3 is 20.1 Å². The molecule has 0 aliphatic carbocycles. The number of hydrogen-bond acceptors (Lipinski definition) is 5. The van der Waals surface area contributed by atoms with Gasteiger partial charge in [0.1, 0.15) is 0 Å². The molecule has 0 aliphatic heterocycles. The SMILES string of the molecule is CCCCC(CC)COC(=O)C(O)C(O)C(=O)O. The monoisotopic (exact) mass is 262 g/mol. The Morgan fingerprint density at radius 2 is 1.78 bits per heavy atom. The summed E-state index contributed by atoms with van der Waals surface area (Å²) >= 11 is 0. The van der Waals surface area contributed by atoms with Gasteiger partial charge in [0.2, 0.25) is 0 Å². The molecule has 0 bridgehead atoms. The Balaban J connectivity index is 4.10. The molecule has 3 unspecified atom stereocenters. The van der Waals surface area contributed by atoms with E-state index in [2.05, 4.69) is 6.92 Å². The fourth-order valence-electron chi connectivity index (χ4n) is 1.45. The van der Waals surface area contributed by atoms with Crippen LogP contribution in [0.25, 0.3) is 0 Å². The zero-order chi connectivity index (χ0) is 14.1. The number of hydrogen-bond donors (Lipinski definition) is 3. The summed E-state index contributed by atoms with van der Waals surface area (Å²) in [4.78, 5) is 21.7. The Labute approximate surface area is 107 Å². The summed E-state index contributed by atoms with van der Waals surface area (Å²) in [5.74, 6) is -2.56. The average Bonchev–Trinajstić information content (AvgIpc) is 2.36. The first-order chi connectivity index (χ1) is 8.43. The second-order valence-electron chi connectivity index (χ2n) is 4.27. The van der Waals surface area contributed by atoms with Crippen molar-refractivity contribution < 1.29 is 29.6 Å². The minimum absolute atomic E-state index is 0.138. The zero-order valence-electron chi connectivity index (χ0n) is 10.8. The number of unbranched alkanes of at least 4 members (excludes halogenated alkanes) is 1. The summed E-state index contributed by atoms with van der Waals surface area (Å²) in [6.07, 6.45) is -0.358. The van der Waals surface area contributed by atoms with Crippen LogP contribution in [0.5, 0.6) is 0 Å². The van der Waals surface area contributed by atoms with Gasteiger partial charge in [0, 0.05) is 0 Å². The van der Waals surface area contributed by atoms with Crippen molar-refractivity contribution in [3.8, 4) is 0 Å². The molecular formula is C12H22O6. The summed E-state index contributed by atoms with van der Waals surface area (Å²) < 4.78 is 4.81. The average molecular weight is 262 g/mol. The number of carboxylic acid groups (broad SMARTS) is 1. The van der Waals surface area contributed by atoms with Crippen molar-refractivity contribution in [1.82, 2.24) is 0 Å². The maximum Gasteiger partial charge on any atom is 0.338 e. The van der Waals surface area contributed by atoms with E-state index < -0.39 is 24.1 Å². The van der Waals surface area contributed by atoms with Gasteiger partial charge in [-0.3, -0.25) is 0 Å². The van der Waals surface area contributed by atoms with E-state index in [0.717, 1.165) is 25.7 Å². The Morgan fingerprint density at radius 1 is 1.17 bits per heavy atom. The van der Waals surface area contributed by atoms with E-state index >= 15 is 0 Å². The van der Waals surface area contributed by atoms with Crippen LogP contribution in [0.4, 0.5) is 0 Å². The van der Waals surface area contributed by atoms with Crippen LogP contribution in [0.15, 0.2) is 0 Å². The molecule has 0 rings (SSSR count). The Kier molecular flexibility index (Phi) is 8.32. The third kappa shape index (κ3) is 5.97. The standard InChI is InChI=1S/C12H22O6/c1-3-5-6-8(4-2)7-18-12(17)10(14)9(13)11(15)16/h8-10,13-14H,3-7H2,1-2H3,(H,15,16). The number of aliphatic hydroxyl groups excluding tert-OH is 2. The van der Waals surface area contributed by atoms with Crippen LogP contribution >= 0.6 is 0 Å². The summed E-state index contributed by atoms with van der Waals surface area (Å²) in [6, 6.07) is 0. The minimum Gasteiger partial charge on any atom is -0.479 e. The topological polar surface area (TPSA) is 104 Å². The lowest BCUT2D eigenvalue weighted by Crippen LogP contribution is -2.41. The quantitative estimate of drug-likeness (QED) is 0.524. The molecule has 3 N–H and O–H groups in total. The van der Waals surface area contributed by atoms with Gasteiger partial charge in [0.15, 0.2) is 12.2 Å². The van der Waals surface area contributed by atoms with Gasteiger partial charge in [-0.1, -0.05) is 33.1 Å². The second kappa shape index (κ2) is 8.88. The fourth-order valence-corrected chi connectivity index (χ4v) is 1.45. The number of carbonyl (C=O) groups excluding carboxylic acids is 1. The molecule has 106 valence electrons. The molecule has 0 aliphatic rings. The van der Waals surface area contributed by atoms with E-state index in [4.69, 9.17) is 14.9 Å². The highest BCUT2D eigenvalue weighted by Gasteiger charge is 2.31. The lowest BCUT2D eigenvalue weighted by molar-refractivity contribution is -0.170. The summed E-state index contributed by atoms with van der Waals surface area (Å²) in [7, 11) is 0. The number of ether oxygens (including phenoxy) is 1. The van der Waals surface area contributed by atoms with Gasteiger partial charge in [0.25, 0.3) is 0 Å². The van der Waals surface area contributed by atoms with E-state index in [9.17, 15) is 14.7 Å². The predicted octanol–water partition coefficient (Wildman–Crippen LogP) is 0.552. The Bertz CT molecular complexity index is 265. The molecular weight excluding hydrogens is 240 g/mol. The molecule has 6 heteroatoms. The maximum absolute atomic E-state index is 11.3. The molecule has 6 nitrogen and oxygen atoms in total. The second-order valence-corrected chi connectivity index (χ2v) is 4.27. The molecule has 0 aromatic heterocycles.